The highest BCUT2D eigenvalue weighted by Crippen LogP contribution is 2.23. The van der Waals surface area contributed by atoms with Gasteiger partial charge in [0.2, 0.25) is 0 Å². The fourth-order valence-electron chi connectivity index (χ4n) is 2.01. The molecule has 0 saturated heterocycles. The summed E-state index contributed by atoms with van der Waals surface area (Å²) in [7, 11) is 0. The van der Waals surface area contributed by atoms with Gasteiger partial charge in [0.25, 0.3) is 5.91 Å². The third kappa shape index (κ3) is 2.87. The second-order valence-electron chi connectivity index (χ2n) is 4.58. The van der Waals surface area contributed by atoms with Crippen molar-refractivity contribution in [3.8, 4) is 0 Å². The van der Waals surface area contributed by atoms with Gasteiger partial charge in [-0.05, 0) is 46.3 Å². The predicted octanol–water partition coefficient (Wildman–Crippen LogP) is 3.83. The van der Waals surface area contributed by atoms with Crippen LogP contribution < -0.4 is 11.1 Å². The van der Waals surface area contributed by atoms with Crippen LogP contribution in [0.4, 0.5) is 11.4 Å². The molecule has 0 bridgehead atoms. The zero-order chi connectivity index (χ0) is 14.8. The van der Waals surface area contributed by atoms with E-state index in [0.29, 0.717) is 17.1 Å². The molecule has 1 heterocycles. The number of aromatic nitrogens is 1. The van der Waals surface area contributed by atoms with Gasteiger partial charge in [-0.15, -0.1) is 0 Å². The Morgan fingerprint density at radius 1 is 1.10 bits per heavy atom. The molecule has 0 unspecified atom stereocenters. The molecule has 5 heteroatoms. The van der Waals surface area contributed by atoms with Crippen molar-refractivity contribution in [3.63, 3.8) is 0 Å². The fraction of sp³-hybridized carbons (Fsp3) is 0. The zero-order valence-corrected chi connectivity index (χ0v) is 12.6. The summed E-state index contributed by atoms with van der Waals surface area (Å²) in [5.41, 5.74) is 8.16. The Kier molecular flexibility index (Phi) is 3.58. The summed E-state index contributed by atoms with van der Waals surface area (Å²) >= 11 is 3.32. The van der Waals surface area contributed by atoms with Crippen LogP contribution in [0.2, 0.25) is 0 Å². The van der Waals surface area contributed by atoms with Gasteiger partial charge < -0.3 is 11.1 Å². The Balaban J connectivity index is 1.87. The first-order valence-corrected chi connectivity index (χ1v) is 7.15. The lowest BCUT2D eigenvalue weighted by molar-refractivity contribution is 0.102. The second-order valence-corrected chi connectivity index (χ2v) is 5.43. The number of nitrogens with one attached hydrogen (secondary N) is 1. The molecule has 3 N–H and O–H groups in total. The summed E-state index contributed by atoms with van der Waals surface area (Å²) in [5, 5.41) is 3.79. The number of pyridine rings is 1. The van der Waals surface area contributed by atoms with Crippen molar-refractivity contribution in [2.24, 2.45) is 0 Å². The third-order valence-electron chi connectivity index (χ3n) is 3.08. The number of hydrogen-bond acceptors (Lipinski definition) is 3. The maximum Gasteiger partial charge on any atom is 0.274 e. The van der Waals surface area contributed by atoms with E-state index in [1.54, 1.807) is 24.3 Å². The molecule has 0 aliphatic rings. The molecule has 0 aliphatic carbocycles. The smallest absolute Gasteiger partial charge is 0.274 e. The Labute approximate surface area is 130 Å². The number of rotatable bonds is 2. The number of fused-ring (bicyclic) bond motifs is 1. The van der Waals surface area contributed by atoms with Crippen LogP contribution >= 0.6 is 15.9 Å². The Morgan fingerprint density at radius 2 is 1.90 bits per heavy atom. The van der Waals surface area contributed by atoms with Crippen LogP contribution in [-0.4, -0.2) is 10.9 Å². The molecule has 3 rings (SSSR count). The van der Waals surface area contributed by atoms with Gasteiger partial charge in [0.05, 0.1) is 5.52 Å². The molecule has 0 saturated carbocycles. The highest BCUT2D eigenvalue weighted by Gasteiger charge is 2.09. The van der Waals surface area contributed by atoms with Crippen molar-refractivity contribution in [1.29, 1.82) is 0 Å². The minimum Gasteiger partial charge on any atom is -0.398 e. The number of hydrogen-bond donors (Lipinski definition) is 2. The molecule has 0 atom stereocenters. The SMILES string of the molecule is Nc1cc(NC(=O)c2ccc3ccccc3n2)ccc1Br. The molecule has 1 aromatic heterocycles. The van der Waals surface area contributed by atoms with Crippen LogP contribution in [0.3, 0.4) is 0 Å². The van der Waals surface area contributed by atoms with Crippen LogP contribution in [0, 0.1) is 0 Å². The van der Waals surface area contributed by atoms with Crippen LogP contribution in [0.25, 0.3) is 10.9 Å². The van der Waals surface area contributed by atoms with Crippen molar-refractivity contribution < 1.29 is 4.79 Å². The predicted molar refractivity (Wildman–Crippen MR) is 88.3 cm³/mol. The summed E-state index contributed by atoms with van der Waals surface area (Å²) in [6, 6.07) is 16.5. The first-order valence-electron chi connectivity index (χ1n) is 6.36. The molecular weight excluding hydrogens is 330 g/mol. The largest absolute Gasteiger partial charge is 0.398 e. The summed E-state index contributed by atoms with van der Waals surface area (Å²) < 4.78 is 0.796. The number of anilines is 2. The topological polar surface area (TPSA) is 68.0 Å². The van der Waals surface area contributed by atoms with Crippen molar-refractivity contribution >= 4 is 44.1 Å². The minimum atomic E-state index is -0.262. The Hall–Kier alpha value is -2.40. The molecule has 21 heavy (non-hydrogen) atoms. The average Bonchev–Trinajstić information content (AvgIpc) is 2.50. The number of amides is 1. The normalized spacial score (nSPS) is 10.5. The zero-order valence-electron chi connectivity index (χ0n) is 11.0. The summed E-state index contributed by atoms with van der Waals surface area (Å²) in [5.74, 6) is -0.262. The van der Waals surface area contributed by atoms with Gasteiger partial charge in [-0.2, -0.15) is 0 Å². The number of halogens is 1. The third-order valence-corrected chi connectivity index (χ3v) is 3.81. The van der Waals surface area contributed by atoms with E-state index < -0.39 is 0 Å². The number of benzene rings is 2. The summed E-state index contributed by atoms with van der Waals surface area (Å²) in [6.07, 6.45) is 0. The molecule has 0 radical (unpaired) electrons. The standard InChI is InChI=1S/C16H12BrN3O/c17-12-7-6-11(9-13(12)18)19-16(21)15-8-5-10-3-1-2-4-14(10)20-15/h1-9H,18H2,(H,19,21). The van der Waals surface area contributed by atoms with E-state index in [0.717, 1.165) is 15.4 Å². The monoisotopic (exact) mass is 341 g/mol. The minimum absolute atomic E-state index is 0.262. The first kappa shape index (κ1) is 13.6. The molecule has 0 fully saturated rings. The summed E-state index contributed by atoms with van der Waals surface area (Å²) in [4.78, 5) is 16.6. The van der Waals surface area contributed by atoms with Crippen molar-refractivity contribution in [2.45, 2.75) is 0 Å². The number of nitrogen functional groups attached to an aromatic ring is 1. The molecule has 4 nitrogen and oxygen atoms in total. The molecule has 104 valence electrons. The van der Waals surface area contributed by atoms with E-state index in [1.165, 1.54) is 0 Å². The number of carbonyl (C=O) groups excluding carboxylic acids is 1. The van der Waals surface area contributed by atoms with Crippen LogP contribution in [0.5, 0.6) is 0 Å². The fourth-order valence-corrected chi connectivity index (χ4v) is 2.26. The van der Waals surface area contributed by atoms with E-state index in [1.807, 2.05) is 30.3 Å². The maximum absolute atomic E-state index is 12.2. The second kappa shape index (κ2) is 5.54. The number of nitrogens with zero attached hydrogens (tertiary/aromatic N) is 1. The molecule has 2 aromatic carbocycles. The average molecular weight is 342 g/mol. The molecule has 1 amide bonds. The lowest BCUT2D eigenvalue weighted by Gasteiger charge is -2.07. The lowest BCUT2D eigenvalue weighted by Crippen LogP contribution is -2.13. The van der Waals surface area contributed by atoms with Crippen molar-refractivity contribution in [1.82, 2.24) is 4.98 Å². The van der Waals surface area contributed by atoms with Crippen LogP contribution in [-0.2, 0) is 0 Å². The van der Waals surface area contributed by atoms with Crippen LogP contribution in [0.1, 0.15) is 10.5 Å². The van der Waals surface area contributed by atoms with Gasteiger partial charge in [0.1, 0.15) is 5.69 Å². The van der Waals surface area contributed by atoms with E-state index in [9.17, 15) is 4.79 Å². The molecule has 0 aliphatic heterocycles. The Bertz CT molecular complexity index is 833. The Morgan fingerprint density at radius 3 is 2.71 bits per heavy atom. The van der Waals surface area contributed by atoms with Gasteiger partial charge in [0, 0.05) is 21.2 Å². The molecule has 0 spiro atoms. The van der Waals surface area contributed by atoms with Crippen molar-refractivity contribution in [3.05, 3.63) is 64.8 Å². The van der Waals surface area contributed by atoms with Gasteiger partial charge in [0.15, 0.2) is 0 Å². The van der Waals surface area contributed by atoms with Gasteiger partial charge in [-0.25, -0.2) is 4.98 Å². The van der Waals surface area contributed by atoms with E-state index in [4.69, 9.17) is 5.73 Å². The van der Waals surface area contributed by atoms with Gasteiger partial charge >= 0.3 is 0 Å². The maximum atomic E-state index is 12.2. The van der Waals surface area contributed by atoms with Crippen molar-refractivity contribution in [2.75, 3.05) is 11.1 Å². The quantitative estimate of drug-likeness (QED) is 0.696. The first-order chi connectivity index (χ1) is 10.1. The van der Waals surface area contributed by atoms with E-state index in [2.05, 4.69) is 26.2 Å². The highest BCUT2D eigenvalue weighted by molar-refractivity contribution is 9.10. The lowest BCUT2D eigenvalue weighted by atomic mass is 10.2. The highest BCUT2D eigenvalue weighted by atomic mass is 79.9. The number of para-hydroxylation sites is 1. The van der Waals surface area contributed by atoms with Gasteiger partial charge in [-0.3, -0.25) is 4.79 Å². The molecule has 3 aromatic rings. The molecular formula is C16H12BrN3O. The van der Waals surface area contributed by atoms with E-state index >= 15 is 0 Å². The number of nitrogens with two attached hydrogens (primary N) is 1. The van der Waals surface area contributed by atoms with Crippen LogP contribution in [0.15, 0.2) is 59.1 Å². The van der Waals surface area contributed by atoms with Gasteiger partial charge in [-0.1, -0.05) is 24.3 Å². The summed E-state index contributed by atoms with van der Waals surface area (Å²) in [6.45, 7) is 0. The number of carbonyl (C=O) groups is 1. The van der Waals surface area contributed by atoms with E-state index in [-0.39, 0.29) is 5.91 Å².